The van der Waals surface area contributed by atoms with Crippen molar-refractivity contribution >= 4 is 11.0 Å². The van der Waals surface area contributed by atoms with E-state index in [9.17, 15) is 4.39 Å². The molecule has 2 aromatic rings. The molecule has 0 aliphatic rings. The molecule has 12 heavy (non-hydrogen) atoms. The normalized spacial score (nSPS) is 10.8. The van der Waals surface area contributed by atoms with Gasteiger partial charge in [0.15, 0.2) is 0 Å². The number of rotatable bonds is 1. The van der Waals surface area contributed by atoms with Crippen molar-refractivity contribution in [2.24, 2.45) is 0 Å². The van der Waals surface area contributed by atoms with E-state index in [1.807, 2.05) is 6.92 Å². The molecule has 0 amide bonds. The van der Waals surface area contributed by atoms with Gasteiger partial charge in [0.25, 0.3) is 0 Å². The maximum Gasteiger partial charge on any atom is 0.125 e. The zero-order chi connectivity index (χ0) is 8.55. The average molecular weight is 165 g/mol. The van der Waals surface area contributed by atoms with Crippen LogP contribution in [0.1, 0.15) is 6.92 Å². The molecular weight excluding hydrogens is 157 g/mol. The zero-order valence-electron chi connectivity index (χ0n) is 6.66. The number of hydrogen-bond acceptors (Lipinski definition) is 2. The number of halogens is 1. The van der Waals surface area contributed by atoms with E-state index in [1.54, 1.807) is 10.7 Å². The minimum Gasteiger partial charge on any atom is -0.245 e. The van der Waals surface area contributed by atoms with Gasteiger partial charge in [-0.1, -0.05) is 5.21 Å². The summed E-state index contributed by atoms with van der Waals surface area (Å²) in [4.78, 5) is 0. The van der Waals surface area contributed by atoms with Gasteiger partial charge in [-0.15, -0.1) is 5.10 Å². The molecule has 4 heteroatoms. The molecule has 0 spiro atoms. The summed E-state index contributed by atoms with van der Waals surface area (Å²) in [5, 5.41) is 7.68. The first-order valence-corrected chi connectivity index (χ1v) is 3.80. The lowest BCUT2D eigenvalue weighted by Crippen LogP contribution is -1.95. The summed E-state index contributed by atoms with van der Waals surface area (Å²) in [5.41, 5.74) is 1.48. The molecule has 1 aromatic carbocycles. The van der Waals surface area contributed by atoms with Crippen LogP contribution in [0.5, 0.6) is 0 Å². The number of hydrogen-bond donors (Lipinski definition) is 0. The first kappa shape index (κ1) is 7.21. The van der Waals surface area contributed by atoms with Gasteiger partial charge in [0.1, 0.15) is 11.3 Å². The number of aromatic nitrogens is 3. The Kier molecular flexibility index (Phi) is 1.53. The van der Waals surface area contributed by atoms with Crippen molar-refractivity contribution in [1.82, 2.24) is 15.0 Å². The van der Waals surface area contributed by atoms with Crippen molar-refractivity contribution in [2.75, 3.05) is 0 Å². The SMILES string of the molecule is CCn1nnc2cc(F)ccc21. The monoisotopic (exact) mass is 165 g/mol. The lowest BCUT2D eigenvalue weighted by molar-refractivity contribution is 0.629. The maximum absolute atomic E-state index is 12.7. The van der Waals surface area contributed by atoms with Gasteiger partial charge >= 0.3 is 0 Å². The Morgan fingerprint density at radius 3 is 3.08 bits per heavy atom. The summed E-state index contributed by atoms with van der Waals surface area (Å²) in [6, 6.07) is 4.49. The quantitative estimate of drug-likeness (QED) is 0.642. The predicted octanol–water partition coefficient (Wildman–Crippen LogP) is 1.59. The summed E-state index contributed by atoms with van der Waals surface area (Å²) in [6.45, 7) is 2.72. The van der Waals surface area contributed by atoms with Gasteiger partial charge in [-0.05, 0) is 19.1 Å². The molecule has 0 aliphatic carbocycles. The fourth-order valence-corrected chi connectivity index (χ4v) is 1.18. The highest BCUT2D eigenvalue weighted by atomic mass is 19.1. The third-order valence-corrected chi connectivity index (χ3v) is 1.78. The molecule has 0 unspecified atom stereocenters. The molecule has 0 bridgehead atoms. The Balaban J connectivity index is 2.73. The second-order valence-corrected chi connectivity index (χ2v) is 2.54. The molecule has 0 atom stereocenters. The molecule has 0 aliphatic heterocycles. The fourth-order valence-electron chi connectivity index (χ4n) is 1.18. The van der Waals surface area contributed by atoms with E-state index in [0.29, 0.717) is 5.52 Å². The molecule has 0 saturated carbocycles. The van der Waals surface area contributed by atoms with Crippen molar-refractivity contribution in [1.29, 1.82) is 0 Å². The molecule has 1 aromatic heterocycles. The molecule has 0 N–H and O–H groups in total. The van der Waals surface area contributed by atoms with Crippen LogP contribution in [0.3, 0.4) is 0 Å². The molecule has 0 saturated heterocycles. The van der Waals surface area contributed by atoms with E-state index < -0.39 is 0 Å². The van der Waals surface area contributed by atoms with Crippen LogP contribution < -0.4 is 0 Å². The fraction of sp³-hybridized carbons (Fsp3) is 0.250. The van der Waals surface area contributed by atoms with Gasteiger partial charge in [-0.3, -0.25) is 0 Å². The van der Waals surface area contributed by atoms with Crippen molar-refractivity contribution in [3.05, 3.63) is 24.0 Å². The first-order chi connectivity index (χ1) is 5.81. The van der Waals surface area contributed by atoms with Crippen LogP contribution in [-0.2, 0) is 6.54 Å². The molecule has 2 rings (SSSR count). The lowest BCUT2D eigenvalue weighted by atomic mass is 10.3. The average Bonchev–Trinajstić information content (AvgIpc) is 2.46. The van der Waals surface area contributed by atoms with Gasteiger partial charge in [0.2, 0.25) is 0 Å². The second-order valence-electron chi connectivity index (χ2n) is 2.54. The highest BCUT2D eigenvalue weighted by Gasteiger charge is 2.02. The van der Waals surface area contributed by atoms with Crippen molar-refractivity contribution in [3.8, 4) is 0 Å². The van der Waals surface area contributed by atoms with Crippen LogP contribution in [0.25, 0.3) is 11.0 Å². The van der Waals surface area contributed by atoms with Crippen molar-refractivity contribution in [2.45, 2.75) is 13.5 Å². The molecule has 0 radical (unpaired) electrons. The highest BCUT2D eigenvalue weighted by Crippen LogP contribution is 2.11. The molecule has 1 heterocycles. The van der Waals surface area contributed by atoms with E-state index in [-0.39, 0.29) is 5.82 Å². The van der Waals surface area contributed by atoms with Gasteiger partial charge in [-0.25, -0.2) is 9.07 Å². The number of benzene rings is 1. The van der Waals surface area contributed by atoms with Gasteiger partial charge in [-0.2, -0.15) is 0 Å². The Labute approximate surface area is 68.8 Å². The second kappa shape index (κ2) is 2.55. The van der Waals surface area contributed by atoms with Crippen LogP contribution in [-0.4, -0.2) is 15.0 Å². The topological polar surface area (TPSA) is 30.7 Å². The minimum atomic E-state index is -0.273. The minimum absolute atomic E-state index is 0.273. The Morgan fingerprint density at radius 1 is 1.50 bits per heavy atom. The van der Waals surface area contributed by atoms with Crippen molar-refractivity contribution < 1.29 is 4.39 Å². The molecule has 62 valence electrons. The van der Waals surface area contributed by atoms with E-state index >= 15 is 0 Å². The third-order valence-electron chi connectivity index (χ3n) is 1.78. The Morgan fingerprint density at radius 2 is 2.33 bits per heavy atom. The van der Waals surface area contributed by atoms with E-state index in [2.05, 4.69) is 10.3 Å². The number of nitrogens with zero attached hydrogens (tertiary/aromatic N) is 3. The van der Waals surface area contributed by atoms with Gasteiger partial charge in [0, 0.05) is 12.6 Å². The smallest absolute Gasteiger partial charge is 0.125 e. The van der Waals surface area contributed by atoms with E-state index in [0.717, 1.165) is 12.1 Å². The predicted molar refractivity (Wildman–Crippen MR) is 43.2 cm³/mol. The summed E-state index contributed by atoms with van der Waals surface area (Å²) in [6.07, 6.45) is 0. The standard InChI is InChI=1S/C8H8FN3/c1-2-12-8-4-3-6(9)5-7(8)10-11-12/h3-5H,2H2,1H3. The van der Waals surface area contributed by atoms with Gasteiger partial charge < -0.3 is 0 Å². The van der Waals surface area contributed by atoms with Crippen molar-refractivity contribution in [3.63, 3.8) is 0 Å². The Bertz CT molecular complexity index is 408. The summed E-state index contributed by atoms with van der Waals surface area (Å²) in [5.74, 6) is -0.273. The number of fused-ring (bicyclic) bond motifs is 1. The largest absolute Gasteiger partial charge is 0.245 e. The summed E-state index contributed by atoms with van der Waals surface area (Å²) in [7, 11) is 0. The maximum atomic E-state index is 12.7. The summed E-state index contributed by atoms with van der Waals surface area (Å²) >= 11 is 0. The number of aryl methyl sites for hydroxylation is 1. The highest BCUT2D eigenvalue weighted by molar-refractivity contribution is 5.73. The third kappa shape index (κ3) is 0.958. The molecule has 3 nitrogen and oxygen atoms in total. The Hall–Kier alpha value is -1.45. The van der Waals surface area contributed by atoms with Crippen LogP contribution in [0.2, 0.25) is 0 Å². The van der Waals surface area contributed by atoms with Crippen LogP contribution in [0.4, 0.5) is 4.39 Å². The van der Waals surface area contributed by atoms with Crippen LogP contribution in [0.15, 0.2) is 18.2 Å². The van der Waals surface area contributed by atoms with E-state index in [1.165, 1.54) is 12.1 Å². The van der Waals surface area contributed by atoms with E-state index in [4.69, 9.17) is 0 Å². The van der Waals surface area contributed by atoms with Crippen LogP contribution in [0, 0.1) is 5.82 Å². The zero-order valence-corrected chi connectivity index (χ0v) is 6.66. The first-order valence-electron chi connectivity index (χ1n) is 3.80. The van der Waals surface area contributed by atoms with Crippen LogP contribution >= 0.6 is 0 Å². The molecular formula is C8H8FN3. The summed E-state index contributed by atoms with van der Waals surface area (Å²) < 4.78 is 14.4. The molecule has 0 fully saturated rings. The van der Waals surface area contributed by atoms with Gasteiger partial charge in [0.05, 0.1) is 5.52 Å². The lowest BCUT2D eigenvalue weighted by Gasteiger charge is -1.94.